The Morgan fingerprint density at radius 3 is 2.67 bits per heavy atom. The summed E-state index contributed by atoms with van der Waals surface area (Å²) in [6, 6.07) is 11.7. The highest BCUT2D eigenvalue weighted by Gasteiger charge is 2.09. The number of benzene rings is 2. The van der Waals surface area contributed by atoms with E-state index in [1.807, 2.05) is 31.2 Å². The van der Waals surface area contributed by atoms with Gasteiger partial charge in [-0.3, -0.25) is 0 Å². The molecule has 2 nitrogen and oxygen atoms in total. The predicted molar refractivity (Wildman–Crippen MR) is 71.3 cm³/mol. The summed E-state index contributed by atoms with van der Waals surface area (Å²) in [5.74, 6) is 0.0666. The van der Waals surface area contributed by atoms with Crippen LogP contribution in [-0.2, 0) is 0 Å². The van der Waals surface area contributed by atoms with Crippen LogP contribution in [-0.4, -0.2) is 0 Å². The quantitative estimate of drug-likeness (QED) is 0.844. The lowest BCUT2D eigenvalue weighted by atomic mass is 10.1. The van der Waals surface area contributed by atoms with Crippen LogP contribution in [0.25, 0.3) is 0 Å². The number of hydrogen-bond acceptors (Lipinski definition) is 2. The van der Waals surface area contributed by atoms with Gasteiger partial charge in [-0.1, -0.05) is 23.7 Å². The molecule has 0 spiro atoms. The van der Waals surface area contributed by atoms with Gasteiger partial charge in [-0.2, -0.15) is 0 Å². The molecule has 0 amide bonds. The number of nitrogen functional groups attached to an aromatic ring is 1. The van der Waals surface area contributed by atoms with Crippen molar-refractivity contribution in [3.8, 4) is 5.75 Å². The summed E-state index contributed by atoms with van der Waals surface area (Å²) >= 11 is 5.69. The molecule has 2 aromatic rings. The van der Waals surface area contributed by atoms with Gasteiger partial charge < -0.3 is 10.5 Å². The van der Waals surface area contributed by atoms with Gasteiger partial charge in [0.15, 0.2) is 0 Å². The number of halogens is 2. The molecule has 0 fully saturated rings. The Labute approximate surface area is 110 Å². The van der Waals surface area contributed by atoms with E-state index >= 15 is 0 Å². The van der Waals surface area contributed by atoms with Crippen molar-refractivity contribution in [2.45, 2.75) is 13.0 Å². The van der Waals surface area contributed by atoms with Gasteiger partial charge in [0.05, 0.1) is 5.02 Å². The second-order valence-electron chi connectivity index (χ2n) is 4.01. The Morgan fingerprint density at radius 2 is 2.00 bits per heavy atom. The monoisotopic (exact) mass is 265 g/mol. The Balaban J connectivity index is 2.16. The molecule has 94 valence electrons. The number of rotatable bonds is 3. The van der Waals surface area contributed by atoms with Crippen molar-refractivity contribution in [2.75, 3.05) is 5.73 Å². The van der Waals surface area contributed by atoms with Crippen LogP contribution in [0.1, 0.15) is 18.6 Å². The van der Waals surface area contributed by atoms with E-state index in [1.54, 1.807) is 6.07 Å². The molecular formula is C14H13ClFNO. The van der Waals surface area contributed by atoms with Crippen LogP contribution in [0.15, 0.2) is 42.5 Å². The van der Waals surface area contributed by atoms with Crippen molar-refractivity contribution in [3.63, 3.8) is 0 Å². The molecule has 2 aromatic carbocycles. The summed E-state index contributed by atoms with van der Waals surface area (Å²) < 4.78 is 18.7. The van der Waals surface area contributed by atoms with Crippen LogP contribution in [0.3, 0.4) is 0 Å². The third kappa shape index (κ3) is 2.93. The van der Waals surface area contributed by atoms with E-state index < -0.39 is 5.82 Å². The average Bonchev–Trinajstić information content (AvgIpc) is 2.34. The molecule has 0 aliphatic rings. The normalized spacial score (nSPS) is 12.2. The highest BCUT2D eigenvalue weighted by atomic mass is 35.5. The third-order valence-corrected chi connectivity index (χ3v) is 2.87. The van der Waals surface area contributed by atoms with Crippen LogP contribution in [0.2, 0.25) is 5.02 Å². The predicted octanol–water partition coefficient (Wildman–Crippen LogP) is 4.20. The third-order valence-electron chi connectivity index (χ3n) is 2.58. The van der Waals surface area contributed by atoms with E-state index in [1.165, 1.54) is 12.1 Å². The fourth-order valence-electron chi connectivity index (χ4n) is 1.63. The van der Waals surface area contributed by atoms with E-state index in [4.69, 9.17) is 22.1 Å². The van der Waals surface area contributed by atoms with Gasteiger partial charge in [0.2, 0.25) is 0 Å². The van der Waals surface area contributed by atoms with Crippen molar-refractivity contribution in [3.05, 3.63) is 58.9 Å². The van der Waals surface area contributed by atoms with Crippen molar-refractivity contribution >= 4 is 17.3 Å². The molecule has 0 radical (unpaired) electrons. The first-order chi connectivity index (χ1) is 8.56. The summed E-state index contributed by atoms with van der Waals surface area (Å²) in [5.41, 5.74) is 7.34. The van der Waals surface area contributed by atoms with E-state index in [0.717, 1.165) is 5.56 Å². The fourth-order valence-corrected chi connectivity index (χ4v) is 1.80. The Morgan fingerprint density at radius 1 is 1.22 bits per heavy atom. The smallest absolute Gasteiger partial charge is 0.142 e. The zero-order chi connectivity index (χ0) is 13.1. The Bertz CT molecular complexity index is 559. The van der Waals surface area contributed by atoms with Crippen molar-refractivity contribution in [1.29, 1.82) is 0 Å². The first-order valence-electron chi connectivity index (χ1n) is 5.53. The van der Waals surface area contributed by atoms with Gasteiger partial charge in [0.25, 0.3) is 0 Å². The zero-order valence-corrected chi connectivity index (χ0v) is 10.6. The number of hydrogen-bond donors (Lipinski definition) is 1. The SMILES string of the molecule is CC(Oc1ccc(F)c(Cl)c1)c1cccc(N)c1. The summed E-state index contributed by atoms with van der Waals surface area (Å²) in [6.45, 7) is 1.89. The van der Waals surface area contributed by atoms with Crippen LogP contribution < -0.4 is 10.5 Å². The molecule has 18 heavy (non-hydrogen) atoms. The highest BCUT2D eigenvalue weighted by molar-refractivity contribution is 6.30. The summed E-state index contributed by atoms with van der Waals surface area (Å²) in [7, 11) is 0. The number of nitrogens with two attached hydrogens (primary N) is 1. The second-order valence-corrected chi connectivity index (χ2v) is 4.41. The molecule has 0 saturated carbocycles. The lowest BCUT2D eigenvalue weighted by Crippen LogP contribution is -2.03. The molecule has 0 bridgehead atoms. The maximum absolute atomic E-state index is 13.0. The minimum atomic E-state index is -0.458. The molecular weight excluding hydrogens is 253 g/mol. The van der Waals surface area contributed by atoms with Crippen LogP contribution >= 0.6 is 11.6 Å². The van der Waals surface area contributed by atoms with Crippen molar-refractivity contribution < 1.29 is 9.13 Å². The zero-order valence-electron chi connectivity index (χ0n) is 9.86. The van der Waals surface area contributed by atoms with Crippen molar-refractivity contribution in [2.24, 2.45) is 0 Å². The van der Waals surface area contributed by atoms with Gasteiger partial charge >= 0.3 is 0 Å². The van der Waals surface area contributed by atoms with Gasteiger partial charge in [-0.05, 0) is 36.8 Å². The first-order valence-corrected chi connectivity index (χ1v) is 5.91. The van der Waals surface area contributed by atoms with Crippen molar-refractivity contribution in [1.82, 2.24) is 0 Å². The average molecular weight is 266 g/mol. The molecule has 0 heterocycles. The van der Waals surface area contributed by atoms with E-state index in [-0.39, 0.29) is 11.1 Å². The van der Waals surface area contributed by atoms with E-state index in [0.29, 0.717) is 11.4 Å². The number of anilines is 1. The first kappa shape index (κ1) is 12.7. The minimum absolute atomic E-state index is 0.0484. The number of ether oxygens (including phenoxy) is 1. The molecule has 0 aliphatic carbocycles. The van der Waals surface area contributed by atoms with Crippen LogP contribution in [0.5, 0.6) is 5.75 Å². The highest BCUT2D eigenvalue weighted by Crippen LogP contribution is 2.26. The van der Waals surface area contributed by atoms with Gasteiger partial charge in [0, 0.05) is 11.8 Å². The van der Waals surface area contributed by atoms with Crippen LogP contribution in [0.4, 0.5) is 10.1 Å². The molecule has 0 aromatic heterocycles. The molecule has 0 saturated heterocycles. The summed E-state index contributed by atoms with van der Waals surface area (Å²) in [5, 5.41) is 0.0484. The standard InChI is InChI=1S/C14H13ClFNO/c1-9(10-3-2-4-11(17)7-10)18-12-5-6-14(16)13(15)8-12/h2-9H,17H2,1H3. The lowest BCUT2D eigenvalue weighted by molar-refractivity contribution is 0.227. The lowest BCUT2D eigenvalue weighted by Gasteiger charge is -2.15. The molecule has 1 unspecified atom stereocenters. The molecule has 2 rings (SSSR count). The van der Waals surface area contributed by atoms with Gasteiger partial charge in [-0.25, -0.2) is 4.39 Å². The van der Waals surface area contributed by atoms with Gasteiger partial charge in [-0.15, -0.1) is 0 Å². The van der Waals surface area contributed by atoms with E-state index in [9.17, 15) is 4.39 Å². The Hall–Kier alpha value is -1.74. The largest absolute Gasteiger partial charge is 0.486 e. The maximum Gasteiger partial charge on any atom is 0.142 e. The fraction of sp³-hybridized carbons (Fsp3) is 0.143. The molecule has 4 heteroatoms. The topological polar surface area (TPSA) is 35.2 Å². The molecule has 0 aliphatic heterocycles. The summed E-state index contributed by atoms with van der Waals surface area (Å²) in [6.07, 6.45) is -0.185. The molecule has 1 atom stereocenters. The molecule has 2 N–H and O–H groups in total. The van der Waals surface area contributed by atoms with Crippen LogP contribution in [0, 0.1) is 5.82 Å². The van der Waals surface area contributed by atoms with E-state index in [2.05, 4.69) is 0 Å². The second kappa shape index (κ2) is 5.27. The maximum atomic E-state index is 13.0. The Kier molecular flexibility index (Phi) is 3.72. The minimum Gasteiger partial charge on any atom is -0.486 e. The summed E-state index contributed by atoms with van der Waals surface area (Å²) in [4.78, 5) is 0. The van der Waals surface area contributed by atoms with Gasteiger partial charge in [0.1, 0.15) is 17.7 Å².